The Morgan fingerprint density at radius 2 is 2.14 bits per heavy atom. The summed E-state index contributed by atoms with van der Waals surface area (Å²) in [6, 6.07) is 4.71. The summed E-state index contributed by atoms with van der Waals surface area (Å²) >= 11 is 0. The summed E-state index contributed by atoms with van der Waals surface area (Å²) in [7, 11) is 1.72. The summed E-state index contributed by atoms with van der Waals surface area (Å²) in [6.07, 6.45) is 2.78. The van der Waals surface area contributed by atoms with Gasteiger partial charge >= 0.3 is 0 Å². The molecule has 0 aromatic carbocycles. The topological polar surface area (TPSA) is 37.4 Å². The van der Waals surface area contributed by atoms with Crippen LogP contribution in [0.15, 0.2) is 12.1 Å². The molecule has 2 heterocycles. The first kappa shape index (κ1) is 14.8. The molecule has 3 rings (SSSR count). The van der Waals surface area contributed by atoms with Crippen molar-refractivity contribution < 1.29 is 4.74 Å². The van der Waals surface area contributed by atoms with Crippen molar-refractivity contribution in [3.05, 3.63) is 23.5 Å². The highest BCUT2D eigenvalue weighted by atomic mass is 16.5. The van der Waals surface area contributed by atoms with Gasteiger partial charge in [0.1, 0.15) is 5.75 Å². The number of nitrogens with one attached hydrogen (secondary N) is 1. The van der Waals surface area contributed by atoms with Crippen LogP contribution in [0.4, 0.5) is 0 Å². The fourth-order valence-corrected chi connectivity index (χ4v) is 3.23. The zero-order valence-electron chi connectivity index (χ0n) is 13.6. The minimum absolute atomic E-state index is 0.171. The molecule has 2 aliphatic rings. The van der Waals surface area contributed by atoms with Gasteiger partial charge in [0.2, 0.25) is 0 Å². The van der Waals surface area contributed by atoms with E-state index in [0.717, 1.165) is 42.7 Å². The Balaban J connectivity index is 1.75. The van der Waals surface area contributed by atoms with E-state index in [1.807, 2.05) is 13.0 Å². The molecule has 0 radical (unpaired) electrons. The molecule has 21 heavy (non-hydrogen) atoms. The van der Waals surface area contributed by atoms with Crippen LogP contribution in [0.3, 0.4) is 0 Å². The molecule has 1 unspecified atom stereocenters. The Hall–Kier alpha value is -1.13. The third-order valence-corrected chi connectivity index (χ3v) is 4.83. The van der Waals surface area contributed by atoms with E-state index in [2.05, 4.69) is 35.1 Å². The number of hydrogen-bond donors (Lipinski definition) is 1. The number of rotatable bonds is 4. The van der Waals surface area contributed by atoms with Gasteiger partial charge in [-0.3, -0.25) is 9.88 Å². The highest BCUT2D eigenvalue weighted by Crippen LogP contribution is 2.36. The summed E-state index contributed by atoms with van der Waals surface area (Å²) < 4.78 is 5.38. The molecule has 0 spiro atoms. The molecule has 4 heteroatoms. The first-order valence-corrected chi connectivity index (χ1v) is 7.98. The normalized spacial score (nSPS) is 25.8. The van der Waals surface area contributed by atoms with E-state index in [-0.39, 0.29) is 5.54 Å². The maximum Gasteiger partial charge on any atom is 0.122 e. The van der Waals surface area contributed by atoms with Crippen molar-refractivity contribution in [3.63, 3.8) is 0 Å². The standard InChI is InChI=1S/C17H27N3O/c1-12-7-15(21-4)8-14(19-12)9-20-10-16(13-5-6-13)18-11-17(20,2)3/h7-8,13,16,18H,5-6,9-11H2,1-4H3. The van der Waals surface area contributed by atoms with Crippen molar-refractivity contribution in [1.82, 2.24) is 15.2 Å². The Labute approximate surface area is 127 Å². The number of nitrogens with zero attached hydrogens (tertiary/aromatic N) is 2. The van der Waals surface area contributed by atoms with E-state index in [9.17, 15) is 0 Å². The summed E-state index contributed by atoms with van der Waals surface area (Å²) in [6.45, 7) is 9.73. The molecule has 1 aromatic heterocycles. The monoisotopic (exact) mass is 289 g/mol. The van der Waals surface area contributed by atoms with Crippen LogP contribution in [0.1, 0.15) is 38.1 Å². The summed E-state index contributed by atoms with van der Waals surface area (Å²) in [5.74, 6) is 1.80. The largest absolute Gasteiger partial charge is 0.497 e. The van der Waals surface area contributed by atoms with E-state index < -0.39 is 0 Å². The van der Waals surface area contributed by atoms with Gasteiger partial charge in [-0.25, -0.2) is 0 Å². The number of pyridine rings is 1. The summed E-state index contributed by atoms with van der Waals surface area (Å²) in [5, 5.41) is 3.73. The molecule has 0 amide bonds. The fraction of sp³-hybridized carbons (Fsp3) is 0.706. The maximum atomic E-state index is 5.38. The molecular weight excluding hydrogens is 262 g/mol. The number of aromatic nitrogens is 1. The Bertz CT molecular complexity index is 511. The lowest BCUT2D eigenvalue weighted by atomic mass is 9.95. The average molecular weight is 289 g/mol. The zero-order valence-corrected chi connectivity index (χ0v) is 13.6. The van der Waals surface area contributed by atoms with Crippen molar-refractivity contribution in [2.24, 2.45) is 5.92 Å². The van der Waals surface area contributed by atoms with E-state index in [4.69, 9.17) is 4.74 Å². The van der Waals surface area contributed by atoms with Crippen LogP contribution in [-0.2, 0) is 6.54 Å². The molecule has 4 nitrogen and oxygen atoms in total. The van der Waals surface area contributed by atoms with Crippen LogP contribution in [0.5, 0.6) is 5.75 Å². The lowest BCUT2D eigenvalue weighted by molar-refractivity contribution is 0.0521. The number of piperazine rings is 1. The van der Waals surface area contributed by atoms with Crippen LogP contribution in [-0.4, -0.2) is 41.7 Å². The van der Waals surface area contributed by atoms with Gasteiger partial charge in [-0.2, -0.15) is 0 Å². The Morgan fingerprint density at radius 1 is 1.38 bits per heavy atom. The minimum atomic E-state index is 0.171. The Morgan fingerprint density at radius 3 is 2.81 bits per heavy atom. The first-order chi connectivity index (χ1) is 9.98. The van der Waals surface area contributed by atoms with Gasteiger partial charge in [0, 0.05) is 49.0 Å². The van der Waals surface area contributed by atoms with Crippen LogP contribution in [0, 0.1) is 12.8 Å². The number of hydrogen-bond acceptors (Lipinski definition) is 4. The third-order valence-electron chi connectivity index (χ3n) is 4.83. The number of ether oxygens (including phenoxy) is 1. The summed E-state index contributed by atoms with van der Waals surface area (Å²) in [4.78, 5) is 7.26. The lowest BCUT2D eigenvalue weighted by Gasteiger charge is -2.46. The van der Waals surface area contributed by atoms with Gasteiger partial charge in [0.05, 0.1) is 12.8 Å². The van der Waals surface area contributed by atoms with Crippen molar-refractivity contribution >= 4 is 0 Å². The zero-order chi connectivity index (χ0) is 15.0. The molecule has 0 bridgehead atoms. The first-order valence-electron chi connectivity index (χ1n) is 7.98. The van der Waals surface area contributed by atoms with E-state index in [1.54, 1.807) is 7.11 Å². The van der Waals surface area contributed by atoms with E-state index in [0.29, 0.717) is 6.04 Å². The predicted molar refractivity (Wildman–Crippen MR) is 84.5 cm³/mol. The molecule has 1 aliphatic heterocycles. The second-order valence-corrected chi connectivity index (χ2v) is 7.16. The second-order valence-electron chi connectivity index (χ2n) is 7.16. The smallest absolute Gasteiger partial charge is 0.122 e. The summed E-state index contributed by atoms with van der Waals surface area (Å²) in [5.41, 5.74) is 2.30. The van der Waals surface area contributed by atoms with Crippen LogP contribution in [0.2, 0.25) is 0 Å². The van der Waals surface area contributed by atoms with Gasteiger partial charge in [-0.1, -0.05) is 0 Å². The highest BCUT2D eigenvalue weighted by Gasteiger charge is 2.40. The minimum Gasteiger partial charge on any atom is -0.497 e. The van der Waals surface area contributed by atoms with Crippen molar-refractivity contribution in [2.45, 2.75) is 51.7 Å². The van der Waals surface area contributed by atoms with Crippen LogP contribution >= 0.6 is 0 Å². The molecule has 116 valence electrons. The second kappa shape index (κ2) is 5.58. The van der Waals surface area contributed by atoms with Gasteiger partial charge in [0.15, 0.2) is 0 Å². The van der Waals surface area contributed by atoms with Gasteiger partial charge in [-0.15, -0.1) is 0 Å². The Kier molecular flexibility index (Phi) is 3.93. The lowest BCUT2D eigenvalue weighted by Crippen LogP contribution is -2.62. The van der Waals surface area contributed by atoms with Crippen LogP contribution < -0.4 is 10.1 Å². The van der Waals surface area contributed by atoms with Gasteiger partial charge in [0.25, 0.3) is 0 Å². The molecule has 2 fully saturated rings. The van der Waals surface area contributed by atoms with Gasteiger partial charge < -0.3 is 10.1 Å². The highest BCUT2D eigenvalue weighted by molar-refractivity contribution is 5.26. The SMILES string of the molecule is COc1cc(C)nc(CN2CC(C3CC3)NCC2(C)C)c1. The van der Waals surface area contributed by atoms with Crippen molar-refractivity contribution in [2.75, 3.05) is 20.2 Å². The molecule has 1 aliphatic carbocycles. The van der Waals surface area contributed by atoms with E-state index in [1.165, 1.54) is 12.8 Å². The van der Waals surface area contributed by atoms with E-state index >= 15 is 0 Å². The van der Waals surface area contributed by atoms with Crippen molar-refractivity contribution in [3.8, 4) is 5.75 Å². The molecular formula is C17H27N3O. The van der Waals surface area contributed by atoms with Gasteiger partial charge in [-0.05, 0) is 39.5 Å². The molecule has 1 aromatic rings. The fourth-order valence-electron chi connectivity index (χ4n) is 3.23. The third kappa shape index (κ3) is 3.38. The van der Waals surface area contributed by atoms with Crippen molar-refractivity contribution in [1.29, 1.82) is 0 Å². The predicted octanol–water partition coefficient (Wildman–Crippen LogP) is 2.36. The van der Waals surface area contributed by atoms with Crippen LogP contribution in [0.25, 0.3) is 0 Å². The molecule has 1 saturated carbocycles. The molecule has 1 atom stereocenters. The average Bonchev–Trinajstić information content (AvgIpc) is 3.25. The number of methoxy groups -OCH3 is 1. The maximum absolute atomic E-state index is 5.38. The quantitative estimate of drug-likeness (QED) is 0.923. The molecule has 1 saturated heterocycles. The number of aryl methyl sites for hydroxylation is 1. The molecule has 1 N–H and O–H groups in total.